The number of ether oxygens (including phenoxy) is 1. The molecule has 0 N–H and O–H groups in total. The monoisotopic (exact) mass is 421 g/mol. The van der Waals surface area contributed by atoms with Crippen molar-refractivity contribution in [3.63, 3.8) is 0 Å². The lowest BCUT2D eigenvalue weighted by molar-refractivity contribution is -0.247. The van der Waals surface area contributed by atoms with Crippen LogP contribution in [0.4, 0.5) is 0 Å². The molecule has 7 nitrogen and oxygen atoms in total. The van der Waals surface area contributed by atoms with Gasteiger partial charge in [0.25, 0.3) is 0 Å². The second kappa shape index (κ2) is 9.13. The van der Waals surface area contributed by atoms with E-state index in [4.69, 9.17) is 18.6 Å². The number of cyclic esters (lactones) is 1. The summed E-state index contributed by atoms with van der Waals surface area (Å²) in [4.78, 5) is 18.3. The number of hydrogen-bond donors (Lipinski definition) is 0. The SMILES string of the molecule is CCOP(=O)(OCC)C(N(OCC1COC(=O)C1(C)C)C(C)(C)C)C(C)(C)C. The molecular formula is C20H40NO6P. The zero-order valence-corrected chi connectivity index (χ0v) is 20.2. The molecule has 0 aromatic carbocycles. The van der Waals surface area contributed by atoms with Crippen LogP contribution in [-0.2, 0) is 28.0 Å². The van der Waals surface area contributed by atoms with Crippen molar-refractivity contribution in [1.82, 2.24) is 5.06 Å². The Kier molecular flexibility index (Phi) is 8.34. The van der Waals surface area contributed by atoms with Gasteiger partial charge in [0, 0.05) is 11.5 Å². The van der Waals surface area contributed by atoms with Crippen LogP contribution in [0.15, 0.2) is 0 Å². The lowest BCUT2D eigenvalue weighted by Crippen LogP contribution is -2.54. The molecule has 1 aliphatic heterocycles. The normalized spacial score (nSPS) is 21.8. The molecule has 1 fully saturated rings. The quantitative estimate of drug-likeness (QED) is 0.299. The lowest BCUT2D eigenvalue weighted by atomic mass is 9.82. The third-order valence-corrected chi connectivity index (χ3v) is 7.77. The van der Waals surface area contributed by atoms with E-state index in [1.54, 1.807) is 18.9 Å². The molecule has 1 aliphatic rings. The average Bonchev–Trinajstić information content (AvgIpc) is 2.75. The summed E-state index contributed by atoms with van der Waals surface area (Å²) >= 11 is 0. The number of hydroxylamine groups is 2. The molecule has 166 valence electrons. The van der Waals surface area contributed by atoms with Crippen LogP contribution in [0, 0.1) is 16.7 Å². The molecule has 1 heterocycles. The van der Waals surface area contributed by atoms with Gasteiger partial charge >= 0.3 is 13.6 Å². The maximum absolute atomic E-state index is 13.8. The molecule has 0 aromatic rings. The van der Waals surface area contributed by atoms with Gasteiger partial charge in [0.1, 0.15) is 5.78 Å². The zero-order valence-electron chi connectivity index (χ0n) is 19.3. The van der Waals surface area contributed by atoms with Gasteiger partial charge < -0.3 is 13.8 Å². The van der Waals surface area contributed by atoms with Gasteiger partial charge in [-0.1, -0.05) is 20.8 Å². The highest BCUT2D eigenvalue weighted by Gasteiger charge is 2.52. The van der Waals surface area contributed by atoms with E-state index in [9.17, 15) is 9.36 Å². The Bertz CT molecular complexity index is 568. The summed E-state index contributed by atoms with van der Waals surface area (Å²) in [6.07, 6.45) is 0. The van der Waals surface area contributed by atoms with Crippen molar-refractivity contribution < 1.29 is 28.0 Å². The summed E-state index contributed by atoms with van der Waals surface area (Å²) < 4.78 is 30.4. The summed E-state index contributed by atoms with van der Waals surface area (Å²) in [6, 6.07) is 0. The third kappa shape index (κ3) is 5.79. The van der Waals surface area contributed by atoms with Gasteiger partial charge in [0.05, 0.1) is 31.8 Å². The fourth-order valence-electron chi connectivity index (χ4n) is 3.29. The van der Waals surface area contributed by atoms with Gasteiger partial charge in [-0.05, 0) is 53.9 Å². The standard InChI is InChI=1S/C20H40NO6P/c1-11-26-28(23,27-12-2)16(18(3,4)5)21(19(6,7)8)25-14-15-13-24-17(22)20(15,9)10/h15-16H,11-14H2,1-10H3. The van der Waals surface area contributed by atoms with Crippen LogP contribution in [0.1, 0.15) is 69.2 Å². The fraction of sp³-hybridized carbons (Fsp3) is 0.950. The first-order valence-corrected chi connectivity index (χ1v) is 11.7. The summed E-state index contributed by atoms with van der Waals surface area (Å²) in [5.74, 6) is -0.935. The molecule has 0 aromatic heterocycles. The largest absolute Gasteiger partial charge is 0.465 e. The molecule has 0 amide bonds. The summed E-state index contributed by atoms with van der Waals surface area (Å²) in [7, 11) is -3.51. The van der Waals surface area contributed by atoms with E-state index in [0.29, 0.717) is 6.61 Å². The molecule has 2 atom stereocenters. The molecule has 28 heavy (non-hydrogen) atoms. The van der Waals surface area contributed by atoms with Crippen LogP contribution in [-0.4, -0.2) is 48.8 Å². The van der Waals surface area contributed by atoms with E-state index in [0.717, 1.165) is 0 Å². The van der Waals surface area contributed by atoms with Gasteiger partial charge in [-0.3, -0.25) is 14.2 Å². The second-order valence-corrected chi connectivity index (χ2v) is 12.0. The number of esters is 1. The molecular weight excluding hydrogens is 381 g/mol. The number of hydrogen-bond acceptors (Lipinski definition) is 7. The minimum atomic E-state index is -3.51. The van der Waals surface area contributed by atoms with Crippen molar-refractivity contribution in [1.29, 1.82) is 0 Å². The first-order valence-electron chi connectivity index (χ1n) is 10.1. The van der Waals surface area contributed by atoms with Crippen molar-refractivity contribution in [3.05, 3.63) is 0 Å². The molecule has 0 radical (unpaired) electrons. The van der Waals surface area contributed by atoms with E-state index >= 15 is 0 Å². The maximum Gasteiger partial charge on any atom is 0.350 e. The first-order chi connectivity index (χ1) is 12.6. The third-order valence-electron chi connectivity index (χ3n) is 4.95. The molecule has 1 rings (SSSR count). The Balaban J connectivity index is 3.26. The van der Waals surface area contributed by atoms with Crippen molar-refractivity contribution in [2.24, 2.45) is 16.7 Å². The molecule has 8 heteroatoms. The predicted molar refractivity (Wildman–Crippen MR) is 110 cm³/mol. The van der Waals surface area contributed by atoms with E-state index < -0.39 is 29.7 Å². The Labute approximate surface area is 170 Å². The molecule has 2 unspecified atom stereocenters. The number of nitrogens with zero attached hydrogens (tertiary/aromatic N) is 1. The van der Waals surface area contributed by atoms with Gasteiger partial charge in [-0.2, -0.15) is 5.06 Å². The van der Waals surface area contributed by atoms with E-state index in [1.807, 2.05) is 55.4 Å². The maximum atomic E-state index is 13.8. The highest BCUT2D eigenvalue weighted by atomic mass is 31.2. The smallest absolute Gasteiger partial charge is 0.350 e. The van der Waals surface area contributed by atoms with E-state index in [-0.39, 0.29) is 31.7 Å². The predicted octanol–water partition coefficient (Wildman–Crippen LogP) is 4.86. The minimum Gasteiger partial charge on any atom is -0.465 e. The van der Waals surface area contributed by atoms with Crippen molar-refractivity contribution >= 4 is 13.6 Å². The molecule has 0 saturated carbocycles. The number of carbonyl (C=O) groups is 1. The fourth-order valence-corrected chi connectivity index (χ4v) is 5.98. The Morgan fingerprint density at radius 2 is 1.64 bits per heavy atom. The van der Waals surface area contributed by atoms with Crippen molar-refractivity contribution in [2.75, 3.05) is 26.4 Å². The van der Waals surface area contributed by atoms with Gasteiger partial charge in [0.2, 0.25) is 0 Å². The minimum absolute atomic E-state index is 0.0935. The van der Waals surface area contributed by atoms with Crippen LogP contribution < -0.4 is 0 Å². The van der Waals surface area contributed by atoms with Gasteiger partial charge in [-0.25, -0.2) is 0 Å². The molecule has 0 spiro atoms. The molecule has 0 aliphatic carbocycles. The average molecular weight is 422 g/mol. The summed E-state index contributed by atoms with van der Waals surface area (Å²) in [5.41, 5.74) is -1.55. The van der Waals surface area contributed by atoms with Crippen LogP contribution in [0.25, 0.3) is 0 Å². The van der Waals surface area contributed by atoms with Crippen molar-refractivity contribution in [2.45, 2.75) is 80.6 Å². The van der Waals surface area contributed by atoms with Gasteiger partial charge in [0.15, 0.2) is 0 Å². The molecule has 0 bridgehead atoms. The Morgan fingerprint density at radius 1 is 1.14 bits per heavy atom. The van der Waals surface area contributed by atoms with Crippen LogP contribution in [0.5, 0.6) is 0 Å². The number of carbonyl (C=O) groups excluding carboxylic acids is 1. The van der Waals surface area contributed by atoms with E-state index in [1.165, 1.54) is 0 Å². The first kappa shape index (κ1) is 25.6. The zero-order chi connectivity index (χ0) is 22.0. The molecule has 1 saturated heterocycles. The van der Waals surface area contributed by atoms with Crippen molar-refractivity contribution in [3.8, 4) is 0 Å². The second-order valence-electron chi connectivity index (χ2n) is 9.92. The van der Waals surface area contributed by atoms with Crippen LogP contribution >= 0.6 is 7.60 Å². The van der Waals surface area contributed by atoms with E-state index in [2.05, 4.69) is 0 Å². The Morgan fingerprint density at radius 3 is 1.96 bits per heavy atom. The lowest BCUT2D eigenvalue weighted by Gasteiger charge is -2.47. The topological polar surface area (TPSA) is 74.3 Å². The van der Waals surface area contributed by atoms with Crippen LogP contribution in [0.2, 0.25) is 0 Å². The number of rotatable bonds is 9. The highest BCUT2D eigenvalue weighted by Crippen LogP contribution is 2.60. The summed E-state index contributed by atoms with van der Waals surface area (Å²) in [5, 5.41) is 1.75. The van der Waals surface area contributed by atoms with Gasteiger partial charge in [-0.15, -0.1) is 0 Å². The highest BCUT2D eigenvalue weighted by molar-refractivity contribution is 7.54. The summed E-state index contributed by atoms with van der Waals surface area (Å²) in [6.45, 7) is 20.5. The van der Waals surface area contributed by atoms with Crippen LogP contribution in [0.3, 0.4) is 0 Å². The Hall–Kier alpha value is -0.460.